The van der Waals surface area contributed by atoms with Gasteiger partial charge in [-0.25, -0.2) is 4.98 Å². The second-order valence-corrected chi connectivity index (χ2v) is 11.5. The van der Waals surface area contributed by atoms with E-state index < -0.39 is 17.6 Å². The van der Waals surface area contributed by atoms with Crippen molar-refractivity contribution in [1.29, 1.82) is 0 Å². The number of piperazine rings is 1. The Bertz CT molecular complexity index is 1540. The number of benzene rings is 3. The number of halogens is 3. The van der Waals surface area contributed by atoms with E-state index in [0.29, 0.717) is 17.8 Å². The van der Waals surface area contributed by atoms with Crippen LogP contribution in [0.1, 0.15) is 32.6 Å². The molecule has 1 amide bonds. The van der Waals surface area contributed by atoms with Crippen LogP contribution < -0.4 is 10.2 Å². The molecule has 0 bridgehead atoms. The number of alkyl halides is 3. The van der Waals surface area contributed by atoms with Gasteiger partial charge in [0.2, 0.25) is 0 Å². The Balaban J connectivity index is 1.20. The molecule has 0 unspecified atom stereocenters. The molecule has 3 heterocycles. The zero-order valence-corrected chi connectivity index (χ0v) is 23.0. The van der Waals surface area contributed by atoms with E-state index in [2.05, 4.69) is 37.1 Å². The van der Waals surface area contributed by atoms with E-state index in [0.717, 1.165) is 73.7 Å². The third-order valence-corrected chi connectivity index (χ3v) is 8.48. The van der Waals surface area contributed by atoms with Gasteiger partial charge in [0.25, 0.3) is 5.91 Å². The van der Waals surface area contributed by atoms with Crippen LogP contribution in [-0.4, -0.2) is 60.5 Å². The second-order valence-electron chi connectivity index (χ2n) is 10.6. The van der Waals surface area contributed by atoms with Gasteiger partial charge < -0.3 is 15.1 Å². The number of rotatable bonds is 6. The lowest BCUT2D eigenvalue weighted by Crippen LogP contribution is -2.43. The Kier molecular flexibility index (Phi) is 7.24. The highest BCUT2D eigenvalue weighted by Gasteiger charge is 2.32. The number of nitrogens with zero attached hydrogens (tertiary/aromatic N) is 4. The number of amides is 1. The van der Waals surface area contributed by atoms with Crippen LogP contribution in [0.5, 0.6) is 0 Å². The summed E-state index contributed by atoms with van der Waals surface area (Å²) >= 11 is 1.61. The molecule has 6 rings (SSSR count). The van der Waals surface area contributed by atoms with E-state index in [1.165, 1.54) is 11.1 Å². The fourth-order valence-electron chi connectivity index (χ4n) is 5.45. The molecule has 0 aliphatic carbocycles. The Labute approximate surface area is 235 Å². The number of carbonyl (C=O) groups excluding carboxylic acids is 1. The molecule has 0 saturated carbocycles. The van der Waals surface area contributed by atoms with Gasteiger partial charge >= 0.3 is 6.18 Å². The number of likely N-dealkylation sites (N-methyl/N-ethyl adjacent to an activating group) is 1. The van der Waals surface area contributed by atoms with Crippen molar-refractivity contribution in [2.24, 2.45) is 0 Å². The minimum atomic E-state index is -4.54. The summed E-state index contributed by atoms with van der Waals surface area (Å²) in [6.07, 6.45) is -3.64. The summed E-state index contributed by atoms with van der Waals surface area (Å²) in [5.74, 6) is -0.550. The standard InChI is InChI=1S/C30H30F3N5OS/c1-36-8-10-37(11-9-36)17-21-12-23(15-24(13-21)30(31,32)33)29(39)35-25-4-3-22-6-7-38(27(22)16-25)18-20-2-5-26-28(14-20)40-19-34-26/h2-5,12-16,19H,6-11,17-18H2,1H3,(H,35,39). The van der Waals surface area contributed by atoms with Crippen molar-refractivity contribution in [3.05, 3.63) is 87.9 Å². The number of carbonyl (C=O) groups is 1. The predicted octanol–water partition coefficient (Wildman–Crippen LogP) is 5.88. The number of aromatic nitrogens is 1. The summed E-state index contributed by atoms with van der Waals surface area (Å²) < 4.78 is 42.4. The Morgan fingerprint density at radius 2 is 1.77 bits per heavy atom. The molecule has 3 aromatic carbocycles. The fourth-order valence-corrected chi connectivity index (χ4v) is 6.19. The number of hydrogen-bond donors (Lipinski definition) is 1. The highest BCUT2D eigenvalue weighted by Crippen LogP contribution is 2.34. The van der Waals surface area contributed by atoms with Gasteiger partial charge in [-0.05, 0) is 72.6 Å². The van der Waals surface area contributed by atoms with Crippen molar-refractivity contribution in [3.8, 4) is 0 Å². The minimum Gasteiger partial charge on any atom is -0.367 e. The maximum Gasteiger partial charge on any atom is 0.416 e. The van der Waals surface area contributed by atoms with Crippen LogP contribution in [-0.2, 0) is 25.7 Å². The average Bonchev–Trinajstić information content (AvgIpc) is 3.56. The third kappa shape index (κ3) is 5.84. The zero-order chi connectivity index (χ0) is 27.9. The van der Waals surface area contributed by atoms with E-state index in [9.17, 15) is 18.0 Å². The lowest BCUT2D eigenvalue weighted by molar-refractivity contribution is -0.137. The van der Waals surface area contributed by atoms with Gasteiger partial charge in [0.1, 0.15) is 0 Å². The van der Waals surface area contributed by atoms with E-state index in [1.54, 1.807) is 17.4 Å². The van der Waals surface area contributed by atoms with E-state index >= 15 is 0 Å². The topological polar surface area (TPSA) is 51.7 Å². The number of fused-ring (bicyclic) bond motifs is 2. The first-order valence-electron chi connectivity index (χ1n) is 13.3. The molecule has 1 N–H and O–H groups in total. The zero-order valence-electron chi connectivity index (χ0n) is 22.2. The largest absolute Gasteiger partial charge is 0.416 e. The summed E-state index contributed by atoms with van der Waals surface area (Å²) in [6.45, 7) is 5.23. The second kappa shape index (κ2) is 10.8. The quantitative estimate of drug-likeness (QED) is 0.317. The van der Waals surface area contributed by atoms with Gasteiger partial charge in [-0.2, -0.15) is 13.2 Å². The minimum absolute atomic E-state index is 0.00849. The maximum atomic E-state index is 13.7. The van der Waals surface area contributed by atoms with E-state index in [-0.39, 0.29) is 5.56 Å². The number of anilines is 2. The Morgan fingerprint density at radius 3 is 2.58 bits per heavy atom. The van der Waals surface area contributed by atoms with Crippen LogP contribution in [0, 0.1) is 0 Å². The van der Waals surface area contributed by atoms with Crippen molar-refractivity contribution < 1.29 is 18.0 Å². The molecule has 1 aromatic heterocycles. The van der Waals surface area contributed by atoms with Crippen LogP contribution in [0.2, 0.25) is 0 Å². The van der Waals surface area contributed by atoms with Crippen LogP contribution in [0.3, 0.4) is 0 Å². The van der Waals surface area contributed by atoms with Crippen molar-refractivity contribution in [2.75, 3.05) is 50.0 Å². The number of thiazole rings is 1. The summed E-state index contributed by atoms with van der Waals surface area (Å²) in [6, 6.07) is 15.7. The molecular weight excluding hydrogens is 535 g/mol. The molecule has 6 nitrogen and oxygen atoms in total. The van der Waals surface area contributed by atoms with E-state index in [1.807, 2.05) is 36.8 Å². The summed E-state index contributed by atoms with van der Waals surface area (Å²) in [5, 5.41) is 2.85. The number of hydrogen-bond acceptors (Lipinski definition) is 6. The van der Waals surface area contributed by atoms with Crippen molar-refractivity contribution in [3.63, 3.8) is 0 Å². The van der Waals surface area contributed by atoms with Gasteiger partial charge in [-0.15, -0.1) is 11.3 Å². The van der Waals surface area contributed by atoms with Crippen LogP contribution in [0.4, 0.5) is 24.5 Å². The molecule has 0 radical (unpaired) electrons. The molecule has 2 aliphatic heterocycles. The van der Waals surface area contributed by atoms with Gasteiger partial charge in [0.05, 0.1) is 21.3 Å². The van der Waals surface area contributed by atoms with Crippen molar-refractivity contribution >= 4 is 38.8 Å². The van der Waals surface area contributed by atoms with Crippen LogP contribution >= 0.6 is 11.3 Å². The summed E-state index contributed by atoms with van der Waals surface area (Å²) in [5.41, 5.74) is 6.48. The molecule has 10 heteroatoms. The molecular formula is C30H30F3N5OS. The normalized spacial score (nSPS) is 16.4. The third-order valence-electron chi connectivity index (χ3n) is 7.69. The molecule has 208 valence electrons. The fraction of sp³-hybridized carbons (Fsp3) is 0.333. The van der Waals surface area contributed by atoms with Gasteiger partial charge in [-0.1, -0.05) is 12.1 Å². The first-order valence-corrected chi connectivity index (χ1v) is 14.2. The first-order chi connectivity index (χ1) is 19.2. The van der Waals surface area contributed by atoms with Crippen LogP contribution in [0.25, 0.3) is 10.2 Å². The monoisotopic (exact) mass is 565 g/mol. The van der Waals surface area contributed by atoms with Crippen molar-refractivity contribution in [1.82, 2.24) is 14.8 Å². The Hall–Kier alpha value is -3.47. The van der Waals surface area contributed by atoms with Crippen LogP contribution in [0.15, 0.2) is 60.1 Å². The Morgan fingerprint density at radius 1 is 0.950 bits per heavy atom. The summed E-state index contributed by atoms with van der Waals surface area (Å²) in [4.78, 5) is 24.2. The molecule has 1 fully saturated rings. The first kappa shape index (κ1) is 26.7. The van der Waals surface area contributed by atoms with E-state index in [4.69, 9.17) is 0 Å². The molecule has 4 aromatic rings. The van der Waals surface area contributed by atoms with Gasteiger partial charge in [-0.3, -0.25) is 9.69 Å². The van der Waals surface area contributed by atoms with Gasteiger partial charge in [0.15, 0.2) is 0 Å². The molecule has 0 spiro atoms. The predicted molar refractivity (Wildman–Crippen MR) is 153 cm³/mol. The highest BCUT2D eigenvalue weighted by atomic mass is 32.1. The lowest BCUT2D eigenvalue weighted by atomic mass is 10.0. The smallest absolute Gasteiger partial charge is 0.367 e. The summed E-state index contributed by atoms with van der Waals surface area (Å²) in [7, 11) is 2.03. The molecule has 40 heavy (non-hydrogen) atoms. The SMILES string of the molecule is CN1CCN(Cc2cc(C(=O)Nc3ccc4c(c3)N(Cc3ccc5ncsc5c3)CC4)cc(C(F)(F)F)c2)CC1. The molecule has 1 saturated heterocycles. The average molecular weight is 566 g/mol. The van der Waals surface area contributed by atoms with Gasteiger partial charge in [0, 0.05) is 62.8 Å². The molecule has 0 atom stereocenters. The molecule has 2 aliphatic rings. The highest BCUT2D eigenvalue weighted by molar-refractivity contribution is 7.16. The van der Waals surface area contributed by atoms with Crippen molar-refractivity contribution in [2.45, 2.75) is 25.7 Å². The maximum absolute atomic E-state index is 13.7. The number of nitrogens with one attached hydrogen (secondary N) is 1. The lowest BCUT2D eigenvalue weighted by Gasteiger charge is -2.32.